The van der Waals surface area contributed by atoms with Crippen LogP contribution in [0.5, 0.6) is 0 Å². The Hall–Kier alpha value is -3.66. The molecule has 0 aliphatic rings. The van der Waals surface area contributed by atoms with Gasteiger partial charge in [0.25, 0.3) is 5.91 Å². The highest BCUT2D eigenvalue weighted by atomic mass is 16.1. The first kappa shape index (κ1) is 17.7. The zero-order valence-electron chi connectivity index (χ0n) is 15.5. The molecule has 138 valence electrons. The van der Waals surface area contributed by atoms with E-state index >= 15 is 0 Å². The molecule has 0 radical (unpaired) electrons. The normalized spacial score (nSPS) is 10.6. The number of hydrogen-bond donors (Lipinski definition) is 1. The van der Waals surface area contributed by atoms with Gasteiger partial charge in [-0.05, 0) is 41.3 Å². The summed E-state index contributed by atoms with van der Waals surface area (Å²) in [4.78, 5) is 12.7. The number of nitrogens with one attached hydrogen (secondary N) is 1. The first-order chi connectivity index (χ1) is 13.8. The fraction of sp³-hybridized carbons (Fsp3) is 0.0833. The number of amides is 1. The number of carbonyl (C=O) groups excluding carboxylic acids is 1. The van der Waals surface area contributed by atoms with E-state index in [1.54, 1.807) is 0 Å². The van der Waals surface area contributed by atoms with Crippen LogP contribution in [0.2, 0.25) is 0 Å². The van der Waals surface area contributed by atoms with E-state index in [9.17, 15) is 4.79 Å². The van der Waals surface area contributed by atoms with Crippen LogP contribution in [0, 0.1) is 0 Å². The van der Waals surface area contributed by atoms with Gasteiger partial charge in [-0.25, -0.2) is 4.68 Å². The van der Waals surface area contributed by atoms with Crippen LogP contribution >= 0.6 is 0 Å². The Bertz CT molecular complexity index is 1060. The van der Waals surface area contributed by atoms with Crippen LogP contribution in [0.25, 0.3) is 16.8 Å². The number of rotatable bonds is 6. The van der Waals surface area contributed by atoms with Crippen molar-refractivity contribution in [3.8, 4) is 16.8 Å². The molecule has 0 spiro atoms. The second-order valence-electron chi connectivity index (χ2n) is 6.55. The lowest BCUT2D eigenvalue weighted by Gasteiger charge is -2.10. The summed E-state index contributed by atoms with van der Waals surface area (Å²) >= 11 is 0. The molecular weight excluding hydrogens is 346 g/mol. The zero-order valence-corrected chi connectivity index (χ0v) is 15.5. The molecule has 0 atom stereocenters. The standard InChI is InChI=1S/C24H21N3O/c28-24(23-14-8-7-13-22(23)20-9-3-1-4-10-20)25-16-15-19-17-26-27(18-19)21-11-5-2-6-12-21/h1-14,17-18H,15-16H2,(H,25,28). The second kappa shape index (κ2) is 8.35. The van der Waals surface area contributed by atoms with Crippen molar-refractivity contribution >= 4 is 5.91 Å². The van der Waals surface area contributed by atoms with Gasteiger partial charge in [0.2, 0.25) is 0 Å². The SMILES string of the molecule is O=C(NCCc1cnn(-c2ccccc2)c1)c1ccccc1-c1ccccc1. The first-order valence-corrected chi connectivity index (χ1v) is 9.33. The number of aromatic nitrogens is 2. The number of carbonyl (C=O) groups is 1. The maximum Gasteiger partial charge on any atom is 0.251 e. The van der Waals surface area contributed by atoms with E-state index in [1.807, 2.05) is 102 Å². The van der Waals surface area contributed by atoms with E-state index in [0.717, 1.165) is 28.8 Å². The van der Waals surface area contributed by atoms with Gasteiger partial charge in [-0.15, -0.1) is 0 Å². The Morgan fingerprint density at radius 2 is 1.54 bits per heavy atom. The van der Waals surface area contributed by atoms with E-state index < -0.39 is 0 Å². The summed E-state index contributed by atoms with van der Waals surface area (Å²) in [6, 6.07) is 27.7. The molecule has 0 bridgehead atoms. The Kier molecular flexibility index (Phi) is 5.29. The molecule has 4 rings (SSSR count). The molecule has 0 aliphatic heterocycles. The van der Waals surface area contributed by atoms with Crippen LogP contribution < -0.4 is 5.32 Å². The van der Waals surface area contributed by atoms with Crippen molar-refractivity contribution in [3.05, 3.63) is 108 Å². The lowest BCUT2D eigenvalue weighted by atomic mass is 9.99. The van der Waals surface area contributed by atoms with Crippen LogP contribution in [-0.4, -0.2) is 22.2 Å². The van der Waals surface area contributed by atoms with Gasteiger partial charge in [-0.1, -0.05) is 66.7 Å². The van der Waals surface area contributed by atoms with E-state index in [4.69, 9.17) is 0 Å². The highest BCUT2D eigenvalue weighted by Gasteiger charge is 2.12. The van der Waals surface area contributed by atoms with Gasteiger partial charge in [0, 0.05) is 18.3 Å². The number of para-hydroxylation sites is 1. The van der Waals surface area contributed by atoms with Crippen molar-refractivity contribution in [2.24, 2.45) is 0 Å². The molecule has 3 aromatic carbocycles. The predicted molar refractivity (Wildman–Crippen MR) is 111 cm³/mol. The summed E-state index contributed by atoms with van der Waals surface area (Å²) in [6.07, 6.45) is 4.57. The third-order valence-electron chi connectivity index (χ3n) is 4.61. The summed E-state index contributed by atoms with van der Waals surface area (Å²) in [5, 5.41) is 7.43. The van der Waals surface area contributed by atoms with Gasteiger partial charge in [0.05, 0.1) is 11.9 Å². The first-order valence-electron chi connectivity index (χ1n) is 9.33. The van der Waals surface area contributed by atoms with Crippen LogP contribution in [0.3, 0.4) is 0 Å². The van der Waals surface area contributed by atoms with Crippen molar-refractivity contribution in [2.75, 3.05) is 6.54 Å². The molecule has 4 heteroatoms. The third-order valence-corrected chi connectivity index (χ3v) is 4.61. The Labute approximate surface area is 164 Å². The van der Waals surface area contributed by atoms with Crippen LogP contribution in [-0.2, 0) is 6.42 Å². The minimum Gasteiger partial charge on any atom is -0.352 e. The lowest BCUT2D eigenvalue weighted by molar-refractivity contribution is 0.0955. The van der Waals surface area contributed by atoms with Gasteiger partial charge < -0.3 is 5.32 Å². The van der Waals surface area contributed by atoms with E-state index in [1.165, 1.54) is 0 Å². The molecule has 0 fully saturated rings. The summed E-state index contributed by atoms with van der Waals surface area (Å²) in [5.41, 5.74) is 4.78. The van der Waals surface area contributed by atoms with Crippen molar-refractivity contribution in [2.45, 2.75) is 6.42 Å². The molecular formula is C24H21N3O. The molecule has 0 aliphatic carbocycles. The predicted octanol–water partition coefficient (Wildman–Crippen LogP) is 4.51. The fourth-order valence-corrected chi connectivity index (χ4v) is 3.18. The van der Waals surface area contributed by atoms with E-state index in [2.05, 4.69) is 10.4 Å². The third kappa shape index (κ3) is 4.01. The fourth-order valence-electron chi connectivity index (χ4n) is 3.18. The highest BCUT2D eigenvalue weighted by molar-refractivity contribution is 6.00. The molecule has 4 nitrogen and oxygen atoms in total. The molecule has 1 aromatic heterocycles. The molecule has 0 unspecified atom stereocenters. The van der Waals surface area contributed by atoms with Crippen LogP contribution in [0.1, 0.15) is 15.9 Å². The van der Waals surface area contributed by atoms with Crippen molar-refractivity contribution in [1.82, 2.24) is 15.1 Å². The molecule has 28 heavy (non-hydrogen) atoms. The van der Waals surface area contributed by atoms with Crippen molar-refractivity contribution in [3.63, 3.8) is 0 Å². The average Bonchev–Trinajstić information content (AvgIpc) is 3.24. The minimum absolute atomic E-state index is 0.0603. The number of benzene rings is 3. The lowest BCUT2D eigenvalue weighted by Crippen LogP contribution is -2.26. The van der Waals surface area contributed by atoms with Crippen LogP contribution in [0.4, 0.5) is 0 Å². The zero-order chi connectivity index (χ0) is 19.2. The highest BCUT2D eigenvalue weighted by Crippen LogP contribution is 2.23. The topological polar surface area (TPSA) is 46.9 Å². The van der Waals surface area contributed by atoms with Crippen molar-refractivity contribution in [1.29, 1.82) is 0 Å². The van der Waals surface area contributed by atoms with Gasteiger partial charge in [0.1, 0.15) is 0 Å². The van der Waals surface area contributed by atoms with Gasteiger partial charge in [-0.3, -0.25) is 4.79 Å². The maximum absolute atomic E-state index is 12.7. The summed E-state index contributed by atoms with van der Waals surface area (Å²) in [5.74, 6) is -0.0603. The Morgan fingerprint density at radius 3 is 2.32 bits per heavy atom. The minimum atomic E-state index is -0.0603. The van der Waals surface area contributed by atoms with E-state index in [-0.39, 0.29) is 5.91 Å². The smallest absolute Gasteiger partial charge is 0.251 e. The van der Waals surface area contributed by atoms with Crippen LogP contribution in [0.15, 0.2) is 97.3 Å². The molecule has 1 N–H and O–H groups in total. The van der Waals surface area contributed by atoms with Crippen molar-refractivity contribution < 1.29 is 4.79 Å². The van der Waals surface area contributed by atoms with Gasteiger partial charge in [0.15, 0.2) is 0 Å². The van der Waals surface area contributed by atoms with E-state index in [0.29, 0.717) is 12.1 Å². The van der Waals surface area contributed by atoms with Gasteiger partial charge in [-0.2, -0.15) is 5.10 Å². The molecule has 1 amide bonds. The molecule has 0 saturated heterocycles. The monoisotopic (exact) mass is 367 g/mol. The number of nitrogens with zero attached hydrogens (tertiary/aromatic N) is 2. The Balaban J connectivity index is 1.40. The van der Waals surface area contributed by atoms with Gasteiger partial charge >= 0.3 is 0 Å². The summed E-state index contributed by atoms with van der Waals surface area (Å²) in [6.45, 7) is 0.558. The molecule has 1 heterocycles. The summed E-state index contributed by atoms with van der Waals surface area (Å²) < 4.78 is 1.85. The quantitative estimate of drug-likeness (QED) is 0.545. The molecule has 0 saturated carbocycles. The Morgan fingerprint density at radius 1 is 0.857 bits per heavy atom. The maximum atomic E-state index is 12.7. The second-order valence-corrected chi connectivity index (χ2v) is 6.55. The largest absolute Gasteiger partial charge is 0.352 e. The molecule has 4 aromatic rings. The number of hydrogen-bond acceptors (Lipinski definition) is 2. The average molecular weight is 367 g/mol. The summed E-state index contributed by atoms with van der Waals surface area (Å²) in [7, 11) is 0.